The maximum Gasteiger partial charge on any atom is 0.225 e. The van der Waals surface area contributed by atoms with E-state index in [0.29, 0.717) is 23.5 Å². The minimum absolute atomic E-state index is 0.240. The molecule has 2 aromatic heterocycles. The van der Waals surface area contributed by atoms with Crippen LogP contribution >= 0.6 is 0 Å². The highest BCUT2D eigenvalue weighted by molar-refractivity contribution is 5.67. The van der Waals surface area contributed by atoms with Crippen LogP contribution in [0.4, 0.5) is 26.2 Å². The van der Waals surface area contributed by atoms with Gasteiger partial charge in [0, 0.05) is 30.1 Å². The lowest BCUT2D eigenvalue weighted by molar-refractivity contribution is 0.590. The van der Waals surface area contributed by atoms with Crippen molar-refractivity contribution in [3.05, 3.63) is 60.4 Å². The third kappa shape index (κ3) is 3.55. The fourth-order valence-corrected chi connectivity index (χ4v) is 2.39. The maximum absolute atomic E-state index is 13.9. The minimum Gasteiger partial charge on any atom is -0.351 e. The van der Waals surface area contributed by atoms with Gasteiger partial charge in [-0.1, -0.05) is 6.07 Å². The Morgan fingerprint density at radius 3 is 2.48 bits per heavy atom. The monoisotopic (exact) mass is 339 g/mol. The highest BCUT2D eigenvalue weighted by Gasteiger charge is 2.22. The highest BCUT2D eigenvalue weighted by Crippen LogP contribution is 2.28. The van der Waals surface area contributed by atoms with Gasteiger partial charge in [0.25, 0.3) is 0 Å². The van der Waals surface area contributed by atoms with Gasteiger partial charge < -0.3 is 10.6 Å². The summed E-state index contributed by atoms with van der Waals surface area (Å²) in [5.74, 6) is -0.638. The Hall–Kier alpha value is -3.09. The van der Waals surface area contributed by atoms with Crippen LogP contribution < -0.4 is 10.6 Å². The smallest absolute Gasteiger partial charge is 0.225 e. The van der Waals surface area contributed by atoms with Crippen molar-refractivity contribution in [1.82, 2.24) is 15.0 Å². The third-order valence-corrected chi connectivity index (χ3v) is 3.81. The molecule has 0 bridgehead atoms. The zero-order valence-corrected chi connectivity index (χ0v) is 13.2. The van der Waals surface area contributed by atoms with Gasteiger partial charge in [0.05, 0.1) is 5.69 Å². The van der Waals surface area contributed by atoms with Gasteiger partial charge in [-0.25, -0.2) is 13.8 Å². The van der Waals surface area contributed by atoms with Crippen LogP contribution in [0.5, 0.6) is 0 Å². The van der Waals surface area contributed by atoms with Crippen molar-refractivity contribution in [2.24, 2.45) is 0 Å². The Morgan fingerprint density at radius 1 is 1.00 bits per heavy atom. The molecule has 2 N–H and O–H groups in total. The second kappa shape index (κ2) is 6.43. The van der Waals surface area contributed by atoms with E-state index in [2.05, 4.69) is 25.6 Å². The number of pyridine rings is 1. The summed E-state index contributed by atoms with van der Waals surface area (Å²) >= 11 is 0. The normalized spacial score (nSPS) is 13.5. The number of hydrogen-bond acceptors (Lipinski definition) is 5. The molecule has 1 saturated carbocycles. The largest absolute Gasteiger partial charge is 0.351 e. The lowest BCUT2D eigenvalue weighted by Gasteiger charge is -2.12. The first-order valence-electron chi connectivity index (χ1n) is 7.96. The van der Waals surface area contributed by atoms with Gasteiger partial charge in [-0.15, -0.1) is 0 Å². The molecule has 3 aromatic rings. The Morgan fingerprint density at radius 2 is 1.80 bits per heavy atom. The summed E-state index contributed by atoms with van der Waals surface area (Å²) in [5.41, 5.74) is 1.17. The van der Waals surface area contributed by atoms with Gasteiger partial charge in [0.2, 0.25) is 5.95 Å². The van der Waals surface area contributed by atoms with Crippen LogP contribution in [0.1, 0.15) is 12.8 Å². The molecular formula is C18H15F2N5. The molecule has 4 rings (SSSR count). The lowest BCUT2D eigenvalue weighted by atomic mass is 10.2. The van der Waals surface area contributed by atoms with Crippen LogP contribution in [0, 0.1) is 11.6 Å². The quantitative estimate of drug-likeness (QED) is 0.732. The molecule has 7 heteroatoms. The molecule has 1 aromatic carbocycles. The third-order valence-electron chi connectivity index (χ3n) is 3.81. The number of para-hydroxylation sites is 1. The van der Waals surface area contributed by atoms with Crippen molar-refractivity contribution in [2.75, 3.05) is 10.6 Å². The van der Waals surface area contributed by atoms with Crippen LogP contribution in [-0.2, 0) is 0 Å². The molecule has 1 aliphatic rings. The van der Waals surface area contributed by atoms with Crippen molar-refractivity contribution in [3.8, 4) is 11.3 Å². The SMILES string of the molecule is Fc1cccc(F)c1Nc1cc(-c2cccnc2)nc(NC2CC2)n1. The zero-order valence-electron chi connectivity index (χ0n) is 13.2. The Kier molecular flexibility index (Phi) is 3.97. The average Bonchev–Trinajstić information content (AvgIpc) is 3.43. The Labute approximate surface area is 143 Å². The fraction of sp³-hybridized carbons (Fsp3) is 0.167. The number of nitrogens with one attached hydrogen (secondary N) is 2. The predicted molar refractivity (Wildman–Crippen MR) is 91.5 cm³/mol. The van der Waals surface area contributed by atoms with Crippen LogP contribution in [0.25, 0.3) is 11.3 Å². The van der Waals surface area contributed by atoms with Gasteiger partial charge in [-0.05, 0) is 37.1 Å². The molecule has 5 nitrogen and oxygen atoms in total. The first kappa shape index (κ1) is 15.4. The van der Waals surface area contributed by atoms with E-state index in [1.165, 1.54) is 18.2 Å². The predicted octanol–water partition coefficient (Wildman–Crippen LogP) is 4.13. The van der Waals surface area contributed by atoms with E-state index in [4.69, 9.17) is 0 Å². The number of nitrogens with zero attached hydrogens (tertiary/aromatic N) is 3. The standard InChI is InChI=1S/C18H15F2N5/c19-13-4-1-5-14(20)17(13)24-16-9-15(11-3-2-8-21-10-11)23-18(25-16)22-12-6-7-12/h1-5,8-10,12H,6-7H2,(H2,22,23,24,25). The van der Waals surface area contributed by atoms with Gasteiger partial charge in [-0.2, -0.15) is 4.98 Å². The Bertz CT molecular complexity index is 877. The number of rotatable bonds is 5. The minimum atomic E-state index is -0.682. The first-order valence-corrected chi connectivity index (χ1v) is 7.96. The zero-order chi connectivity index (χ0) is 17.2. The fourth-order valence-electron chi connectivity index (χ4n) is 2.39. The maximum atomic E-state index is 13.9. The summed E-state index contributed by atoms with van der Waals surface area (Å²) < 4.78 is 27.8. The van der Waals surface area contributed by atoms with E-state index in [-0.39, 0.29) is 5.69 Å². The Balaban J connectivity index is 1.73. The van der Waals surface area contributed by atoms with Crippen molar-refractivity contribution in [1.29, 1.82) is 0 Å². The number of hydrogen-bond donors (Lipinski definition) is 2. The molecule has 0 unspecified atom stereocenters. The molecule has 0 spiro atoms. The van der Waals surface area contributed by atoms with E-state index in [0.717, 1.165) is 18.4 Å². The molecule has 0 aliphatic heterocycles. The molecule has 0 atom stereocenters. The van der Waals surface area contributed by atoms with Gasteiger partial charge in [0.1, 0.15) is 23.1 Å². The van der Waals surface area contributed by atoms with Gasteiger partial charge >= 0.3 is 0 Å². The lowest BCUT2D eigenvalue weighted by Crippen LogP contribution is -2.08. The van der Waals surface area contributed by atoms with Crippen LogP contribution in [0.15, 0.2) is 48.8 Å². The van der Waals surface area contributed by atoms with E-state index in [9.17, 15) is 8.78 Å². The van der Waals surface area contributed by atoms with E-state index in [1.54, 1.807) is 24.5 Å². The molecular weight excluding hydrogens is 324 g/mol. The van der Waals surface area contributed by atoms with Gasteiger partial charge in [0.15, 0.2) is 0 Å². The van der Waals surface area contributed by atoms with E-state index >= 15 is 0 Å². The summed E-state index contributed by atoms with van der Waals surface area (Å²) in [7, 11) is 0. The number of anilines is 3. The summed E-state index contributed by atoms with van der Waals surface area (Å²) in [6.45, 7) is 0. The highest BCUT2D eigenvalue weighted by atomic mass is 19.1. The van der Waals surface area contributed by atoms with Crippen molar-refractivity contribution in [2.45, 2.75) is 18.9 Å². The second-order valence-corrected chi connectivity index (χ2v) is 5.84. The second-order valence-electron chi connectivity index (χ2n) is 5.84. The van der Waals surface area contributed by atoms with Gasteiger partial charge in [-0.3, -0.25) is 4.98 Å². The molecule has 2 heterocycles. The van der Waals surface area contributed by atoms with Crippen molar-refractivity contribution >= 4 is 17.5 Å². The summed E-state index contributed by atoms with van der Waals surface area (Å²) in [5, 5.41) is 5.93. The molecule has 1 fully saturated rings. The number of aromatic nitrogens is 3. The van der Waals surface area contributed by atoms with E-state index in [1.807, 2.05) is 6.07 Å². The molecule has 0 saturated heterocycles. The molecule has 0 radical (unpaired) electrons. The topological polar surface area (TPSA) is 62.7 Å². The van der Waals surface area contributed by atoms with E-state index < -0.39 is 11.6 Å². The van der Waals surface area contributed by atoms with Crippen LogP contribution in [0.3, 0.4) is 0 Å². The number of benzene rings is 1. The van der Waals surface area contributed by atoms with Crippen LogP contribution in [-0.4, -0.2) is 21.0 Å². The average molecular weight is 339 g/mol. The van der Waals surface area contributed by atoms with Crippen molar-refractivity contribution < 1.29 is 8.78 Å². The first-order chi connectivity index (χ1) is 12.2. The summed E-state index contributed by atoms with van der Waals surface area (Å²) in [4.78, 5) is 12.9. The van der Waals surface area contributed by atoms with Crippen molar-refractivity contribution in [3.63, 3.8) is 0 Å². The molecule has 126 valence electrons. The molecule has 0 amide bonds. The summed E-state index contributed by atoms with van der Waals surface area (Å²) in [6, 6.07) is 9.36. The number of halogens is 2. The molecule has 1 aliphatic carbocycles. The molecule has 25 heavy (non-hydrogen) atoms. The summed E-state index contributed by atoms with van der Waals surface area (Å²) in [6.07, 6.45) is 5.47. The van der Waals surface area contributed by atoms with Crippen LogP contribution in [0.2, 0.25) is 0 Å².